The van der Waals surface area contributed by atoms with Gasteiger partial charge in [0.25, 0.3) is 0 Å². The third kappa shape index (κ3) is 5.43. The van der Waals surface area contributed by atoms with Crippen LogP contribution in [-0.2, 0) is 4.79 Å². The molecule has 0 spiro atoms. The van der Waals surface area contributed by atoms with Gasteiger partial charge in [-0.2, -0.15) is 5.10 Å². The van der Waals surface area contributed by atoms with Crippen LogP contribution in [0.2, 0.25) is 0 Å². The number of carbonyl (C=O) groups excluding carboxylic acids is 1. The number of rotatable bonds is 6. The highest BCUT2D eigenvalue weighted by Gasteiger charge is 2.17. The fourth-order valence-electron chi connectivity index (χ4n) is 3.02. The van der Waals surface area contributed by atoms with E-state index >= 15 is 0 Å². The Morgan fingerprint density at radius 2 is 1.73 bits per heavy atom. The van der Waals surface area contributed by atoms with E-state index in [2.05, 4.69) is 44.6 Å². The van der Waals surface area contributed by atoms with Gasteiger partial charge in [0, 0.05) is 44.8 Å². The number of carbonyl (C=O) groups is 1. The standard InChI is InChI=1S/C21H26N4O/c1-18-7-9-19(10-8-18)17-22-23-21(26)11-12-24-13-15-25(16-14-24)20-5-3-2-4-6-20/h2-10,17H,11-16H2,1H3,(H,23,26)/b22-17-. The Labute approximate surface area is 155 Å². The molecule has 136 valence electrons. The number of hydrazone groups is 1. The molecule has 2 aromatic carbocycles. The number of piperazine rings is 1. The Bertz CT molecular complexity index is 719. The molecule has 1 fully saturated rings. The maximum Gasteiger partial charge on any atom is 0.241 e. The minimum absolute atomic E-state index is 0.0427. The van der Waals surface area contributed by atoms with Crippen molar-refractivity contribution >= 4 is 17.8 Å². The summed E-state index contributed by atoms with van der Waals surface area (Å²) in [6.45, 7) is 6.77. The van der Waals surface area contributed by atoms with E-state index < -0.39 is 0 Å². The van der Waals surface area contributed by atoms with Crippen molar-refractivity contribution in [3.63, 3.8) is 0 Å². The Balaban J connectivity index is 1.35. The van der Waals surface area contributed by atoms with Gasteiger partial charge in [-0.05, 0) is 24.6 Å². The minimum Gasteiger partial charge on any atom is -0.369 e. The summed E-state index contributed by atoms with van der Waals surface area (Å²) in [5.41, 5.74) is 6.07. The molecule has 1 saturated heterocycles. The second kappa shape index (κ2) is 9.15. The lowest BCUT2D eigenvalue weighted by Gasteiger charge is -2.36. The number of anilines is 1. The first-order valence-corrected chi connectivity index (χ1v) is 9.11. The van der Waals surface area contributed by atoms with E-state index in [4.69, 9.17) is 0 Å². The van der Waals surface area contributed by atoms with E-state index in [1.807, 2.05) is 37.3 Å². The van der Waals surface area contributed by atoms with Gasteiger partial charge in [-0.25, -0.2) is 5.43 Å². The summed E-state index contributed by atoms with van der Waals surface area (Å²) < 4.78 is 0. The smallest absolute Gasteiger partial charge is 0.241 e. The normalized spacial score (nSPS) is 15.3. The average Bonchev–Trinajstić information content (AvgIpc) is 2.69. The van der Waals surface area contributed by atoms with Crippen LogP contribution in [0.1, 0.15) is 17.5 Å². The van der Waals surface area contributed by atoms with E-state index in [0.29, 0.717) is 6.42 Å². The molecule has 5 heteroatoms. The fraction of sp³-hybridized carbons (Fsp3) is 0.333. The monoisotopic (exact) mass is 350 g/mol. The van der Waals surface area contributed by atoms with E-state index in [1.54, 1.807) is 6.21 Å². The topological polar surface area (TPSA) is 47.9 Å². The predicted octanol–water partition coefficient (Wildman–Crippen LogP) is 2.66. The van der Waals surface area contributed by atoms with Crippen molar-refractivity contribution in [2.24, 2.45) is 5.10 Å². The summed E-state index contributed by atoms with van der Waals surface area (Å²) in [7, 11) is 0. The van der Waals surface area contributed by atoms with E-state index in [1.165, 1.54) is 11.3 Å². The van der Waals surface area contributed by atoms with Gasteiger partial charge in [0.1, 0.15) is 0 Å². The molecule has 0 bridgehead atoms. The maximum atomic E-state index is 12.0. The molecule has 1 amide bonds. The van der Waals surface area contributed by atoms with Crippen molar-refractivity contribution in [2.75, 3.05) is 37.6 Å². The van der Waals surface area contributed by atoms with Gasteiger partial charge >= 0.3 is 0 Å². The second-order valence-corrected chi connectivity index (χ2v) is 6.62. The molecule has 1 heterocycles. The highest BCUT2D eigenvalue weighted by Crippen LogP contribution is 2.15. The van der Waals surface area contributed by atoms with Gasteiger partial charge in [-0.1, -0.05) is 48.0 Å². The van der Waals surface area contributed by atoms with Gasteiger partial charge in [-0.3, -0.25) is 9.69 Å². The van der Waals surface area contributed by atoms with Crippen molar-refractivity contribution in [1.29, 1.82) is 0 Å². The first-order chi connectivity index (χ1) is 12.7. The van der Waals surface area contributed by atoms with Gasteiger partial charge < -0.3 is 4.90 Å². The Morgan fingerprint density at radius 1 is 1.04 bits per heavy atom. The first-order valence-electron chi connectivity index (χ1n) is 9.11. The van der Waals surface area contributed by atoms with Crippen LogP contribution in [-0.4, -0.2) is 49.7 Å². The summed E-state index contributed by atoms with van der Waals surface area (Å²) in [4.78, 5) is 16.7. The van der Waals surface area contributed by atoms with Gasteiger partial charge in [0.15, 0.2) is 0 Å². The molecule has 5 nitrogen and oxygen atoms in total. The van der Waals surface area contributed by atoms with E-state index in [9.17, 15) is 4.79 Å². The van der Waals surface area contributed by atoms with Crippen LogP contribution in [0.25, 0.3) is 0 Å². The van der Waals surface area contributed by atoms with E-state index in [-0.39, 0.29) is 5.91 Å². The molecule has 1 aliphatic rings. The van der Waals surface area contributed by atoms with Crippen molar-refractivity contribution in [1.82, 2.24) is 10.3 Å². The molecular formula is C21H26N4O. The predicted molar refractivity (Wildman–Crippen MR) is 107 cm³/mol. The first kappa shape index (κ1) is 18.1. The number of hydrogen-bond acceptors (Lipinski definition) is 4. The van der Waals surface area contributed by atoms with Crippen LogP contribution >= 0.6 is 0 Å². The van der Waals surface area contributed by atoms with E-state index in [0.717, 1.165) is 38.3 Å². The van der Waals surface area contributed by atoms with Crippen molar-refractivity contribution in [3.05, 3.63) is 65.7 Å². The third-order valence-electron chi connectivity index (χ3n) is 4.63. The molecule has 2 aromatic rings. The maximum absolute atomic E-state index is 12.0. The van der Waals surface area contributed by atoms with Crippen LogP contribution < -0.4 is 10.3 Å². The fourth-order valence-corrected chi connectivity index (χ4v) is 3.02. The molecule has 1 aliphatic heterocycles. The number of benzene rings is 2. The third-order valence-corrected chi connectivity index (χ3v) is 4.63. The van der Waals surface area contributed by atoms with Crippen LogP contribution in [0, 0.1) is 6.92 Å². The molecular weight excluding hydrogens is 324 g/mol. The molecule has 0 radical (unpaired) electrons. The largest absolute Gasteiger partial charge is 0.369 e. The summed E-state index contributed by atoms with van der Waals surface area (Å²) in [5, 5.41) is 4.04. The zero-order valence-corrected chi connectivity index (χ0v) is 15.3. The quantitative estimate of drug-likeness (QED) is 0.644. The minimum atomic E-state index is -0.0427. The number of para-hydroxylation sites is 1. The Hall–Kier alpha value is -2.66. The Morgan fingerprint density at radius 3 is 2.42 bits per heavy atom. The van der Waals surface area contributed by atoms with Gasteiger partial charge in [-0.15, -0.1) is 0 Å². The summed E-state index contributed by atoms with van der Waals surface area (Å²) in [6.07, 6.45) is 2.15. The molecule has 1 N–H and O–H groups in total. The van der Waals surface area contributed by atoms with Crippen LogP contribution in [0.3, 0.4) is 0 Å². The van der Waals surface area contributed by atoms with Crippen molar-refractivity contribution < 1.29 is 4.79 Å². The van der Waals surface area contributed by atoms with Crippen molar-refractivity contribution in [2.45, 2.75) is 13.3 Å². The lowest BCUT2D eigenvalue weighted by Crippen LogP contribution is -2.47. The number of hydrogen-bond donors (Lipinski definition) is 1. The van der Waals surface area contributed by atoms with Crippen LogP contribution in [0.5, 0.6) is 0 Å². The van der Waals surface area contributed by atoms with Crippen molar-refractivity contribution in [3.8, 4) is 0 Å². The number of nitrogens with one attached hydrogen (secondary N) is 1. The second-order valence-electron chi connectivity index (χ2n) is 6.62. The zero-order valence-electron chi connectivity index (χ0n) is 15.3. The highest BCUT2D eigenvalue weighted by atomic mass is 16.2. The average molecular weight is 350 g/mol. The molecule has 0 aliphatic carbocycles. The molecule has 0 unspecified atom stereocenters. The number of nitrogens with zero attached hydrogens (tertiary/aromatic N) is 3. The highest BCUT2D eigenvalue weighted by molar-refractivity contribution is 5.82. The van der Waals surface area contributed by atoms with Gasteiger partial charge in [0.2, 0.25) is 5.91 Å². The molecule has 0 saturated carbocycles. The summed E-state index contributed by atoms with van der Waals surface area (Å²) >= 11 is 0. The Kier molecular flexibility index (Phi) is 6.39. The lowest BCUT2D eigenvalue weighted by atomic mass is 10.2. The van der Waals surface area contributed by atoms with Crippen LogP contribution in [0.4, 0.5) is 5.69 Å². The molecule has 26 heavy (non-hydrogen) atoms. The zero-order chi connectivity index (χ0) is 18.2. The SMILES string of the molecule is Cc1ccc(/C=N\NC(=O)CCN2CCN(c3ccccc3)CC2)cc1. The molecule has 3 rings (SSSR count). The summed E-state index contributed by atoms with van der Waals surface area (Å²) in [5.74, 6) is -0.0427. The number of amides is 1. The lowest BCUT2D eigenvalue weighted by molar-refractivity contribution is -0.121. The molecule has 0 aromatic heterocycles. The molecule has 0 atom stereocenters. The number of aryl methyl sites for hydroxylation is 1. The summed E-state index contributed by atoms with van der Waals surface area (Å²) in [6, 6.07) is 18.5. The van der Waals surface area contributed by atoms with Crippen LogP contribution in [0.15, 0.2) is 59.7 Å². The van der Waals surface area contributed by atoms with Gasteiger partial charge in [0.05, 0.1) is 6.21 Å².